The van der Waals surface area contributed by atoms with Gasteiger partial charge in [0.25, 0.3) is 0 Å². The highest BCUT2D eigenvalue weighted by Crippen LogP contribution is 2.11. The van der Waals surface area contributed by atoms with E-state index in [2.05, 4.69) is 28.6 Å². The molecule has 0 aliphatic carbocycles. The predicted octanol–water partition coefficient (Wildman–Crippen LogP) is -1.04. The van der Waals surface area contributed by atoms with E-state index in [1.54, 1.807) is 18.4 Å². The van der Waals surface area contributed by atoms with E-state index < -0.39 is 60.2 Å². The lowest BCUT2D eigenvalue weighted by molar-refractivity contribution is -0.143. The molecule has 0 aliphatic heterocycles. The van der Waals surface area contributed by atoms with Crippen LogP contribution >= 0.6 is 24.4 Å². The molecule has 4 atom stereocenters. The maximum absolute atomic E-state index is 12.7. The minimum atomic E-state index is -1.55. The van der Waals surface area contributed by atoms with Crippen LogP contribution in [0.5, 0.6) is 5.75 Å². The molecule has 0 heterocycles. The summed E-state index contributed by atoms with van der Waals surface area (Å²) in [5, 5.41) is 34.7. The van der Waals surface area contributed by atoms with E-state index in [0.717, 1.165) is 0 Å². The molecule has 0 spiro atoms. The monoisotopic (exact) mass is 530 g/mol. The number of benzene rings is 1. The van der Waals surface area contributed by atoms with Crippen molar-refractivity contribution >= 4 is 54.1 Å². The van der Waals surface area contributed by atoms with Crippen LogP contribution in [0, 0.1) is 0 Å². The molecule has 12 nitrogen and oxygen atoms in total. The van der Waals surface area contributed by atoms with Crippen molar-refractivity contribution < 1.29 is 39.3 Å². The Kier molecular flexibility index (Phi) is 13.0. The van der Waals surface area contributed by atoms with Crippen molar-refractivity contribution in [1.29, 1.82) is 0 Å². The van der Waals surface area contributed by atoms with Crippen molar-refractivity contribution in [3.8, 4) is 5.75 Å². The number of rotatable bonds is 15. The van der Waals surface area contributed by atoms with Gasteiger partial charge in [0.05, 0.1) is 12.5 Å². The number of aromatic hydroxyl groups is 1. The maximum Gasteiger partial charge on any atom is 0.326 e. The van der Waals surface area contributed by atoms with Gasteiger partial charge in [-0.05, 0) is 42.5 Å². The largest absolute Gasteiger partial charge is 0.508 e. The Balaban J connectivity index is 2.84. The molecule has 4 unspecified atom stereocenters. The van der Waals surface area contributed by atoms with Crippen LogP contribution in [0.25, 0.3) is 0 Å². The van der Waals surface area contributed by atoms with E-state index in [9.17, 15) is 34.2 Å². The lowest BCUT2D eigenvalue weighted by Crippen LogP contribution is -2.58. The molecule has 0 aromatic heterocycles. The third kappa shape index (κ3) is 10.9. The second-order valence-electron chi connectivity index (χ2n) is 7.56. The van der Waals surface area contributed by atoms with Crippen molar-refractivity contribution in [2.45, 2.75) is 43.4 Å². The number of hydrogen-bond donors (Lipinski definition) is 8. The lowest BCUT2D eigenvalue weighted by atomic mass is 10.0. The Morgan fingerprint density at radius 2 is 1.49 bits per heavy atom. The Morgan fingerprint density at radius 1 is 0.943 bits per heavy atom. The first kappa shape index (κ1) is 30.1. The molecule has 1 aromatic rings. The maximum atomic E-state index is 12.7. The summed E-state index contributed by atoms with van der Waals surface area (Å²) in [4.78, 5) is 60.3. The van der Waals surface area contributed by atoms with E-state index in [0.29, 0.717) is 11.3 Å². The molecule has 0 fully saturated rings. The fourth-order valence-corrected chi connectivity index (χ4v) is 3.60. The number of thiol groups is 1. The van der Waals surface area contributed by atoms with Crippen LogP contribution in [0.2, 0.25) is 0 Å². The predicted molar refractivity (Wildman–Crippen MR) is 132 cm³/mol. The zero-order chi connectivity index (χ0) is 26.5. The van der Waals surface area contributed by atoms with Crippen LogP contribution < -0.4 is 21.7 Å². The van der Waals surface area contributed by atoms with Crippen molar-refractivity contribution in [3.63, 3.8) is 0 Å². The van der Waals surface area contributed by atoms with E-state index in [1.165, 1.54) is 23.9 Å². The zero-order valence-electron chi connectivity index (χ0n) is 19.0. The van der Waals surface area contributed by atoms with Crippen LogP contribution in [0.15, 0.2) is 24.3 Å². The van der Waals surface area contributed by atoms with E-state index in [1.807, 2.05) is 0 Å². The summed E-state index contributed by atoms with van der Waals surface area (Å²) in [6.45, 7) is 0. The fourth-order valence-electron chi connectivity index (χ4n) is 2.87. The number of amides is 3. The number of nitrogens with two attached hydrogens (primary N) is 1. The highest BCUT2D eigenvalue weighted by atomic mass is 32.2. The summed E-state index contributed by atoms with van der Waals surface area (Å²) >= 11 is 5.41. The number of aliphatic carboxylic acids is 2. The average molecular weight is 531 g/mol. The highest BCUT2D eigenvalue weighted by molar-refractivity contribution is 7.98. The molecule has 0 saturated carbocycles. The number of carboxylic acid groups (broad SMARTS) is 2. The molecule has 0 aliphatic rings. The topological polar surface area (TPSA) is 208 Å². The van der Waals surface area contributed by atoms with Gasteiger partial charge in [-0.25, -0.2) is 4.79 Å². The number of nitrogens with one attached hydrogen (secondary N) is 3. The quantitative estimate of drug-likeness (QED) is 0.129. The number of carbonyl (C=O) groups is 5. The van der Waals surface area contributed by atoms with Crippen LogP contribution in [0.3, 0.4) is 0 Å². The standard InChI is InChI=1S/C21H30N4O8S2/c1-35-7-6-14(21(32)33)23-20(31)16(10-34)25-19(30)15(9-17(27)28)24-18(29)13(22)8-11-2-4-12(26)5-3-11/h2-5,13-16,26,34H,6-10,22H2,1H3,(H,23,31)(H,24,29)(H,25,30)(H,27,28)(H,32,33). The average Bonchev–Trinajstić information content (AvgIpc) is 2.80. The molecule has 3 amide bonds. The second-order valence-corrected chi connectivity index (χ2v) is 8.91. The van der Waals surface area contributed by atoms with E-state index >= 15 is 0 Å². The molecular formula is C21H30N4O8S2. The van der Waals surface area contributed by atoms with Crippen LogP contribution in [0.4, 0.5) is 0 Å². The van der Waals surface area contributed by atoms with Crippen molar-refractivity contribution in [2.75, 3.05) is 17.8 Å². The summed E-state index contributed by atoms with van der Waals surface area (Å²) in [5.41, 5.74) is 6.51. The Morgan fingerprint density at radius 3 is 2.00 bits per heavy atom. The molecule has 0 bridgehead atoms. The summed E-state index contributed by atoms with van der Waals surface area (Å²) in [6, 6.07) is 0.821. The van der Waals surface area contributed by atoms with Gasteiger partial charge in [0.1, 0.15) is 23.9 Å². The number of phenolic OH excluding ortho intramolecular Hbond substituents is 1. The van der Waals surface area contributed by atoms with Gasteiger partial charge < -0.3 is 37.0 Å². The summed E-state index contributed by atoms with van der Waals surface area (Å²) in [7, 11) is 0. The molecule has 0 saturated heterocycles. The lowest BCUT2D eigenvalue weighted by Gasteiger charge is -2.23. The molecule has 8 N–H and O–H groups in total. The van der Waals surface area contributed by atoms with Crippen LogP contribution in [0.1, 0.15) is 18.4 Å². The van der Waals surface area contributed by atoms with Gasteiger partial charge in [0.2, 0.25) is 17.7 Å². The second kappa shape index (κ2) is 15.1. The van der Waals surface area contributed by atoms with Crippen molar-refractivity contribution in [2.24, 2.45) is 5.73 Å². The normalized spacial score (nSPS) is 14.1. The molecule has 0 radical (unpaired) electrons. The first-order chi connectivity index (χ1) is 16.5. The van der Waals surface area contributed by atoms with Gasteiger partial charge in [-0.15, -0.1) is 0 Å². The van der Waals surface area contributed by atoms with Gasteiger partial charge in [-0.1, -0.05) is 12.1 Å². The van der Waals surface area contributed by atoms with Gasteiger partial charge in [0.15, 0.2) is 0 Å². The SMILES string of the molecule is CSCCC(NC(=O)C(CS)NC(=O)C(CC(=O)O)NC(=O)C(N)Cc1ccc(O)cc1)C(=O)O. The number of hydrogen-bond acceptors (Lipinski definition) is 9. The van der Waals surface area contributed by atoms with E-state index in [4.69, 9.17) is 10.8 Å². The zero-order valence-corrected chi connectivity index (χ0v) is 20.7. The van der Waals surface area contributed by atoms with E-state index in [-0.39, 0.29) is 24.3 Å². The Labute approximate surface area is 211 Å². The first-order valence-corrected chi connectivity index (χ1v) is 12.5. The summed E-state index contributed by atoms with van der Waals surface area (Å²) < 4.78 is 0. The smallest absolute Gasteiger partial charge is 0.326 e. The third-order valence-corrected chi connectivity index (χ3v) is 5.79. The Hall–Kier alpha value is -2.97. The van der Waals surface area contributed by atoms with Gasteiger partial charge in [0, 0.05) is 5.75 Å². The van der Waals surface area contributed by atoms with Gasteiger partial charge in [-0.3, -0.25) is 19.2 Å². The number of phenols is 1. The van der Waals surface area contributed by atoms with Gasteiger partial charge in [-0.2, -0.15) is 24.4 Å². The minimum Gasteiger partial charge on any atom is -0.508 e. The number of thioether (sulfide) groups is 1. The third-order valence-electron chi connectivity index (χ3n) is 4.78. The summed E-state index contributed by atoms with van der Waals surface area (Å²) in [5.74, 6) is -4.90. The fraction of sp³-hybridized carbons (Fsp3) is 0.476. The van der Waals surface area contributed by atoms with Crippen LogP contribution in [-0.4, -0.2) is 86.9 Å². The highest BCUT2D eigenvalue weighted by Gasteiger charge is 2.30. The molecule has 35 heavy (non-hydrogen) atoms. The molecule has 14 heteroatoms. The molecule has 194 valence electrons. The molecular weight excluding hydrogens is 500 g/mol. The molecule has 1 aromatic carbocycles. The van der Waals surface area contributed by atoms with Gasteiger partial charge >= 0.3 is 11.9 Å². The number of carboxylic acids is 2. The molecule has 1 rings (SSSR count). The number of carbonyl (C=O) groups excluding carboxylic acids is 3. The van der Waals surface area contributed by atoms with Crippen LogP contribution in [-0.2, 0) is 30.4 Å². The Bertz CT molecular complexity index is 900. The minimum absolute atomic E-state index is 0.0340. The first-order valence-electron chi connectivity index (χ1n) is 10.5. The van der Waals surface area contributed by atoms with Crippen molar-refractivity contribution in [1.82, 2.24) is 16.0 Å². The summed E-state index contributed by atoms with van der Waals surface area (Å²) in [6.07, 6.45) is 1.22. The van der Waals surface area contributed by atoms with Crippen molar-refractivity contribution in [3.05, 3.63) is 29.8 Å².